The molecule has 0 radical (unpaired) electrons. The summed E-state index contributed by atoms with van der Waals surface area (Å²) in [6, 6.07) is 12.2. The lowest BCUT2D eigenvalue weighted by atomic mass is 10.1. The molecule has 2 aromatic carbocycles. The zero-order valence-corrected chi connectivity index (χ0v) is 9.48. The van der Waals surface area contributed by atoms with Gasteiger partial charge in [-0.2, -0.15) is 0 Å². The van der Waals surface area contributed by atoms with E-state index < -0.39 is 0 Å². The molecule has 0 unspecified atom stereocenters. The van der Waals surface area contributed by atoms with E-state index in [2.05, 4.69) is 5.16 Å². The van der Waals surface area contributed by atoms with Crippen molar-refractivity contribution in [2.24, 2.45) is 0 Å². The van der Waals surface area contributed by atoms with Crippen LogP contribution in [-0.2, 0) is 0 Å². The van der Waals surface area contributed by atoms with E-state index in [1.807, 2.05) is 12.1 Å². The van der Waals surface area contributed by atoms with E-state index in [4.69, 9.17) is 16.1 Å². The van der Waals surface area contributed by atoms with Crippen molar-refractivity contribution < 1.29 is 9.63 Å². The lowest BCUT2D eigenvalue weighted by molar-refractivity contribution is 0.440. The number of phenols is 1. The third-order valence-electron chi connectivity index (χ3n) is 2.57. The van der Waals surface area contributed by atoms with E-state index in [1.54, 1.807) is 30.3 Å². The number of aromatic hydroxyl groups is 1. The molecule has 0 saturated heterocycles. The molecule has 0 bridgehead atoms. The Morgan fingerprint density at radius 1 is 1.06 bits per heavy atom. The lowest BCUT2D eigenvalue weighted by Gasteiger charge is -1.97. The Morgan fingerprint density at radius 3 is 2.59 bits per heavy atom. The summed E-state index contributed by atoms with van der Waals surface area (Å²) in [5, 5.41) is 14.7. The number of phenolic OH excluding ortho intramolecular Hbond substituents is 1. The van der Waals surface area contributed by atoms with Crippen LogP contribution in [0.15, 0.2) is 47.0 Å². The summed E-state index contributed by atoms with van der Waals surface area (Å²) in [6.45, 7) is 0. The summed E-state index contributed by atoms with van der Waals surface area (Å²) in [4.78, 5) is 0. The molecule has 0 aliphatic carbocycles. The number of hydrogen-bond acceptors (Lipinski definition) is 3. The van der Waals surface area contributed by atoms with Crippen LogP contribution in [0, 0.1) is 0 Å². The number of fused-ring (bicyclic) bond motifs is 1. The maximum absolute atomic E-state index is 9.24. The van der Waals surface area contributed by atoms with Gasteiger partial charge >= 0.3 is 0 Å². The standard InChI is InChI=1S/C13H8ClNO2/c14-9-3-6-12-11(7-9)13(17-15-12)8-1-4-10(16)5-2-8/h1-7,16H. The number of aromatic nitrogens is 1. The first-order valence-electron chi connectivity index (χ1n) is 5.08. The first-order chi connectivity index (χ1) is 8.24. The predicted molar refractivity (Wildman–Crippen MR) is 66.1 cm³/mol. The molecule has 0 spiro atoms. The van der Waals surface area contributed by atoms with Crippen LogP contribution in [0.25, 0.3) is 22.2 Å². The van der Waals surface area contributed by atoms with Crippen LogP contribution in [0.2, 0.25) is 5.02 Å². The molecule has 0 fully saturated rings. The minimum atomic E-state index is 0.218. The molecule has 0 aliphatic rings. The predicted octanol–water partition coefficient (Wildman–Crippen LogP) is 3.85. The Kier molecular flexibility index (Phi) is 2.27. The minimum Gasteiger partial charge on any atom is -0.508 e. The second kappa shape index (κ2) is 3.79. The minimum absolute atomic E-state index is 0.218. The van der Waals surface area contributed by atoms with E-state index in [1.165, 1.54) is 0 Å². The van der Waals surface area contributed by atoms with Crippen molar-refractivity contribution in [3.8, 4) is 17.1 Å². The Balaban J connectivity index is 2.23. The second-order valence-corrected chi connectivity index (χ2v) is 4.16. The molecule has 3 aromatic rings. The Hall–Kier alpha value is -2.00. The number of rotatable bonds is 1. The van der Waals surface area contributed by atoms with Crippen molar-refractivity contribution in [2.45, 2.75) is 0 Å². The van der Waals surface area contributed by atoms with Gasteiger partial charge < -0.3 is 9.63 Å². The molecule has 4 heteroatoms. The average molecular weight is 246 g/mol. The normalized spacial score (nSPS) is 10.9. The highest BCUT2D eigenvalue weighted by Gasteiger charge is 2.10. The van der Waals surface area contributed by atoms with Gasteiger partial charge in [0, 0.05) is 10.6 Å². The summed E-state index contributed by atoms with van der Waals surface area (Å²) < 4.78 is 5.31. The zero-order chi connectivity index (χ0) is 11.8. The van der Waals surface area contributed by atoms with Crippen LogP contribution in [0.1, 0.15) is 0 Å². The van der Waals surface area contributed by atoms with E-state index in [0.29, 0.717) is 10.8 Å². The van der Waals surface area contributed by atoms with Crippen molar-refractivity contribution >= 4 is 22.5 Å². The molecule has 1 heterocycles. The van der Waals surface area contributed by atoms with Crippen LogP contribution in [-0.4, -0.2) is 10.3 Å². The number of nitrogens with zero attached hydrogens (tertiary/aromatic N) is 1. The molecule has 3 nitrogen and oxygen atoms in total. The van der Waals surface area contributed by atoms with Crippen molar-refractivity contribution in [2.75, 3.05) is 0 Å². The van der Waals surface area contributed by atoms with Gasteiger partial charge in [0.2, 0.25) is 0 Å². The van der Waals surface area contributed by atoms with Crippen LogP contribution in [0.4, 0.5) is 0 Å². The first kappa shape index (κ1) is 10.2. The van der Waals surface area contributed by atoms with E-state index in [-0.39, 0.29) is 5.75 Å². The summed E-state index contributed by atoms with van der Waals surface area (Å²) >= 11 is 5.95. The smallest absolute Gasteiger partial charge is 0.174 e. The van der Waals surface area contributed by atoms with Gasteiger partial charge in [0.25, 0.3) is 0 Å². The quantitative estimate of drug-likeness (QED) is 0.708. The molecule has 0 atom stereocenters. The van der Waals surface area contributed by atoms with Gasteiger partial charge in [-0.25, -0.2) is 0 Å². The topological polar surface area (TPSA) is 46.3 Å². The van der Waals surface area contributed by atoms with Gasteiger partial charge in [-0.15, -0.1) is 0 Å². The fourth-order valence-corrected chi connectivity index (χ4v) is 1.91. The monoisotopic (exact) mass is 245 g/mol. The highest BCUT2D eigenvalue weighted by atomic mass is 35.5. The second-order valence-electron chi connectivity index (χ2n) is 3.72. The van der Waals surface area contributed by atoms with Gasteiger partial charge in [0.15, 0.2) is 5.76 Å². The molecule has 3 rings (SSSR count). The van der Waals surface area contributed by atoms with Gasteiger partial charge in [0.1, 0.15) is 11.3 Å². The zero-order valence-electron chi connectivity index (χ0n) is 8.72. The number of hydrogen-bond donors (Lipinski definition) is 1. The molecular formula is C13H8ClNO2. The molecule has 17 heavy (non-hydrogen) atoms. The SMILES string of the molecule is Oc1ccc(-c2onc3ccc(Cl)cc23)cc1. The highest BCUT2D eigenvalue weighted by Crippen LogP contribution is 2.31. The summed E-state index contributed by atoms with van der Waals surface area (Å²) in [5.74, 6) is 0.873. The molecule has 1 aromatic heterocycles. The van der Waals surface area contributed by atoms with Crippen molar-refractivity contribution in [3.63, 3.8) is 0 Å². The fraction of sp³-hybridized carbons (Fsp3) is 0. The summed E-state index contributed by atoms with van der Waals surface area (Å²) in [7, 11) is 0. The van der Waals surface area contributed by atoms with Gasteiger partial charge in [-0.05, 0) is 42.5 Å². The van der Waals surface area contributed by atoms with Crippen molar-refractivity contribution in [3.05, 3.63) is 47.5 Å². The summed E-state index contributed by atoms with van der Waals surface area (Å²) in [6.07, 6.45) is 0. The Bertz CT molecular complexity index is 673. The van der Waals surface area contributed by atoms with Gasteiger partial charge in [-0.1, -0.05) is 16.8 Å². The van der Waals surface area contributed by atoms with Crippen LogP contribution >= 0.6 is 11.6 Å². The largest absolute Gasteiger partial charge is 0.508 e. The number of halogens is 1. The third-order valence-corrected chi connectivity index (χ3v) is 2.80. The van der Waals surface area contributed by atoms with Crippen LogP contribution < -0.4 is 0 Å². The molecular weight excluding hydrogens is 238 g/mol. The lowest BCUT2D eigenvalue weighted by Crippen LogP contribution is -1.75. The van der Waals surface area contributed by atoms with Crippen molar-refractivity contribution in [1.29, 1.82) is 0 Å². The van der Waals surface area contributed by atoms with Crippen molar-refractivity contribution in [1.82, 2.24) is 5.16 Å². The molecule has 0 saturated carbocycles. The van der Waals surface area contributed by atoms with E-state index >= 15 is 0 Å². The maximum atomic E-state index is 9.24. The highest BCUT2D eigenvalue weighted by molar-refractivity contribution is 6.31. The molecule has 84 valence electrons. The fourth-order valence-electron chi connectivity index (χ4n) is 1.73. The third kappa shape index (κ3) is 1.74. The average Bonchev–Trinajstić information content (AvgIpc) is 2.73. The van der Waals surface area contributed by atoms with E-state index in [9.17, 15) is 5.11 Å². The molecule has 1 N–H and O–H groups in total. The summed E-state index contributed by atoms with van der Waals surface area (Å²) in [5.41, 5.74) is 1.62. The Morgan fingerprint density at radius 2 is 1.82 bits per heavy atom. The van der Waals surface area contributed by atoms with Gasteiger partial charge in [0.05, 0.1) is 5.39 Å². The number of benzene rings is 2. The maximum Gasteiger partial charge on any atom is 0.174 e. The van der Waals surface area contributed by atoms with Crippen LogP contribution in [0.5, 0.6) is 5.75 Å². The van der Waals surface area contributed by atoms with Crippen LogP contribution in [0.3, 0.4) is 0 Å². The van der Waals surface area contributed by atoms with E-state index in [0.717, 1.165) is 16.5 Å². The molecule has 0 amide bonds. The van der Waals surface area contributed by atoms with Gasteiger partial charge in [-0.3, -0.25) is 0 Å². The Labute approximate surface area is 102 Å². The molecule has 0 aliphatic heterocycles. The first-order valence-corrected chi connectivity index (χ1v) is 5.46.